The van der Waals surface area contributed by atoms with E-state index in [-0.39, 0.29) is 16.7 Å². The summed E-state index contributed by atoms with van der Waals surface area (Å²) in [5, 5.41) is 10.8. The van der Waals surface area contributed by atoms with Crippen LogP contribution in [-0.4, -0.2) is 20.7 Å². The summed E-state index contributed by atoms with van der Waals surface area (Å²) in [4.78, 5) is 21.9. The zero-order chi connectivity index (χ0) is 24.4. The standard InChI is InChI=1S/C19H22N2O3S.C6H7NO2/c20-25(23,24)18-8-4-3-7-17(18)15-11-9-14(10-12-15)13-21-19(22)16-5-1-2-6-16;8-5-7-3-6-1-2-9-4-6/h3-4,7-12,16H,1-2,5-6,13H2,(H,21,22)(H2,20,23,24);1-2,4-5H,3H2,(H,7,8). The summed E-state index contributed by atoms with van der Waals surface area (Å²) >= 11 is 0. The monoisotopic (exact) mass is 483 g/mol. The summed E-state index contributed by atoms with van der Waals surface area (Å²) in [5.74, 6) is 0.280. The van der Waals surface area contributed by atoms with E-state index in [4.69, 9.17) is 9.56 Å². The number of rotatable bonds is 8. The molecule has 0 bridgehead atoms. The largest absolute Gasteiger partial charge is 0.472 e. The highest BCUT2D eigenvalue weighted by molar-refractivity contribution is 7.89. The number of hydrogen-bond donors (Lipinski definition) is 3. The Morgan fingerprint density at radius 3 is 2.32 bits per heavy atom. The van der Waals surface area contributed by atoms with Gasteiger partial charge in [-0.3, -0.25) is 9.59 Å². The fourth-order valence-corrected chi connectivity index (χ4v) is 4.59. The SMILES string of the molecule is NS(=O)(=O)c1ccccc1-c1ccc(CNC(=O)C2CCCC2)cc1.O=CNCc1ccoc1. The van der Waals surface area contributed by atoms with Crippen molar-refractivity contribution in [2.24, 2.45) is 11.1 Å². The van der Waals surface area contributed by atoms with E-state index in [9.17, 15) is 18.0 Å². The minimum absolute atomic E-state index is 0.109. The van der Waals surface area contributed by atoms with Crippen LogP contribution in [0.3, 0.4) is 0 Å². The lowest BCUT2D eigenvalue weighted by molar-refractivity contribution is -0.125. The molecule has 1 fully saturated rings. The molecule has 0 spiro atoms. The van der Waals surface area contributed by atoms with Crippen molar-refractivity contribution in [2.75, 3.05) is 0 Å². The van der Waals surface area contributed by atoms with Crippen LogP contribution in [0.5, 0.6) is 0 Å². The number of furan rings is 1. The average Bonchev–Trinajstić information content (AvgIpc) is 3.56. The third kappa shape index (κ3) is 7.29. The Labute approximate surface area is 199 Å². The van der Waals surface area contributed by atoms with Gasteiger partial charge in [-0.15, -0.1) is 0 Å². The Morgan fingerprint density at radius 1 is 1.00 bits per heavy atom. The molecule has 4 rings (SSSR count). The zero-order valence-corrected chi connectivity index (χ0v) is 19.6. The predicted octanol–water partition coefficient (Wildman–Crippen LogP) is 3.33. The Bertz CT molecular complexity index is 1170. The molecule has 9 heteroatoms. The molecule has 1 heterocycles. The first-order valence-corrected chi connectivity index (χ1v) is 12.6. The van der Waals surface area contributed by atoms with Gasteiger partial charge in [-0.1, -0.05) is 55.3 Å². The summed E-state index contributed by atoms with van der Waals surface area (Å²) in [6.07, 6.45) is 8.06. The van der Waals surface area contributed by atoms with Crippen molar-refractivity contribution in [2.45, 2.75) is 43.7 Å². The number of nitrogens with one attached hydrogen (secondary N) is 2. The van der Waals surface area contributed by atoms with E-state index in [1.165, 1.54) is 6.07 Å². The van der Waals surface area contributed by atoms with Crippen molar-refractivity contribution >= 4 is 22.3 Å². The number of benzene rings is 2. The van der Waals surface area contributed by atoms with E-state index in [0.717, 1.165) is 42.4 Å². The molecule has 0 atom stereocenters. The van der Waals surface area contributed by atoms with Crippen molar-refractivity contribution in [1.29, 1.82) is 0 Å². The first-order chi connectivity index (χ1) is 16.4. The smallest absolute Gasteiger partial charge is 0.238 e. The maximum atomic E-state index is 12.1. The van der Waals surface area contributed by atoms with Gasteiger partial charge in [-0.25, -0.2) is 13.6 Å². The Hall–Kier alpha value is -3.43. The lowest BCUT2D eigenvalue weighted by atomic mass is 10.0. The molecule has 1 aliphatic carbocycles. The molecule has 1 aliphatic rings. The quantitative estimate of drug-likeness (QED) is 0.423. The van der Waals surface area contributed by atoms with E-state index >= 15 is 0 Å². The van der Waals surface area contributed by atoms with Gasteiger partial charge in [0.05, 0.1) is 17.4 Å². The fourth-order valence-electron chi connectivity index (χ4n) is 3.83. The Balaban J connectivity index is 0.000000302. The number of sulfonamides is 1. The lowest BCUT2D eigenvalue weighted by Gasteiger charge is -2.11. The molecule has 34 heavy (non-hydrogen) atoms. The average molecular weight is 484 g/mol. The number of carbonyl (C=O) groups excluding carboxylic acids is 2. The molecule has 180 valence electrons. The molecule has 2 aromatic carbocycles. The van der Waals surface area contributed by atoms with Gasteiger partial charge >= 0.3 is 0 Å². The molecule has 3 aromatic rings. The second-order valence-electron chi connectivity index (χ2n) is 8.07. The predicted molar refractivity (Wildman–Crippen MR) is 129 cm³/mol. The molecule has 4 N–H and O–H groups in total. The number of hydrogen-bond acceptors (Lipinski definition) is 5. The summed E-state index contributed by atoms with van der Waals surface area (Å²) in [5.41, 5.74) is 3.30. The summed E-state index contributed by atoms with van der Waals surface area (Å²) in [6.45, 7) is 1.02. The van der Waals surface area contributed by atoms with Crippen LogP contribution in [-0.2, 0) is 32.7 Å². The molecule has 1 aromatic heterocycles. The van der Waals surface area contributed by atoms with Gasteiger partial charge in [-0.05, 0) is 36.1 Å². The van der Waals surface area contributed by atoms with Crippen LogP contribution in [0.1, 0.15) is 36.8 Å². The fraction of sp³-hybridized carbons (Fsp3) is 0.280. The molecule has 0 unspecified atom stereocenters. The van der Waals surface area contributed by atoms with E-state index in [0.29, 0.717) is 25.1 Å². The van der Waals surface area contributed by atoms with E-state index in [2.05, 4.69) is 10.6 Å². The van der Waals surface area contributed by atoms with Gasteiger partial charge in [0.2, 0.25) is 22.3 Å². The van der Waals surface area contributed by atoms with Crippen molar-refractivity contribution in [3.63, 3.8) is 0 Å². The van der Waals surface area contributed by atoms with Gasteiger partial charge in [0, 0.05) is 30.1 Å². The third-order valence-corrected chi connectivity index (χ3v) is 6.59. The van der Waals surface area contributed by atoms with Crippen LogP contribution in [0.25, 0.3) is 11.1 Å². The molecule has 8 nitrogen and oxygen atoms in total. The number of carbonyl (C=O) groups is 2. The minimum Gasteiger partial charge on any atom is -0.472 e. The van der Waals surface area contributed by atoms with Crippen LogP contribution < -0.4 is 15.8 Å². The van der Waals surface area contributed by atoms with Crippen molar-refractivity contribution < 1.29 is 22.4 Å². The maximum Gasteiger partial charge on any atom is 0.238 e. The van der Waals surface area contributed by atoms with Gasteiger partial charge < -0.3 is 15.1 Å². The molecule has 0 radical (unpaired) electrons. The summed E-state index contributed by atoms with van der Waals surface area (Å²) in [6, 6.07) is 15.9. The molecular formula is C25H29N3O5S. The van der Waals surface area contributed by atoms with E-state index in [1.54, 1.807) is 36.8 Å². The van der Waals surface area contributed by atoms with Crippen LogP contribution in [0.4, 0.5) is 0 Å². The van der Waals surface area contributed by atoms with Gasteiger partial charge in [0.1, 0.15) is 0 Å². The first-order valence-electron chi connectivity index (χ1n) is 11.1. The van der Waals surface area contributed by atoms with Crippen LogP contribution in [0.15, 0.2) is 76.4 Å². The molecule has 0 aliphatic heterocycles. The maximum absolute atomic E-state index is 12.1. The molecule has 0 saturated heterocycles. The highest BCUT2D eigenvalue weighted by atomic mass is 32.2. The second kappa shape index (κ2) is 12.2. The third-order valence-electron chi connectivity index (χ3n) is 5.62. The summed E-state index contributed by atoms with van der Waals surface area (Å²) in [7, 11) is -3.78. The number of amides is 2. The van der Waals surface area contributed by atoms with Crippen LogP contribution in [0.2, 0.25) is 0 Å². The first kappa shape index (κ1) is 25.2. The lowest BCUT2D eigenvalue weighted by Crippen LogP contribution is -2.28. The number of primary sulfonamides is 1. The molecule has 1 saturated carbocycles. The van der Waals surface area contributed by atoms with Crippen molar-refractivity contribution in [1.82, 2.24) is 10.6 Å². The highest BCUT2D eigenvalue weighted by Gasteiger charge is 2.22. The topological polar surface area (TPSA) is 132 Å². The molecule has 2 amide bonds. The van der Waals surface area contributed by atoms with Gasteiger partial charge in [0.25, 0.3) is 0 Å². The minimum atomic E-state index is -3.78. The zero-order valence-electron chi connectivity index (χ0n) is 18.8. The Kier molecular flexibility index (Phi) is 9.00. The van der Waals surface area contributed by atoms with Crippen LogP contribution >= 0.6 is 0 Å². The van der Waals surface area contributed by atoms with Crippen LogP contribution in [0, 0.1) is 5.92 Å². The van der Waals surface area contributed by atoms with Crippen molar-refractivity contribution in [3.05, 3.63) is 78.3 Å². The van der Waals surface area contributed by atoms with Gasteiger partial charge in [-0.2, -0.15) is 0 Å². The second-order valence-corrected chi connectivity index (χ2v) is 9.60. The molecular weight excluding hydrogens is 454 g/mol. The van der Waals surface area contributed by atoms with E-state index < -0.39 is 10.0 Å². The van der Waals surface area contributed by atoms with Gasteiger partial charge in [0.15, 0.2) is 0 Å². The summed E-state index contributed by atoms with van der Waals surface area (Å²) < 4.78 is 28.2. The number of nitrogens with two attached hydrogens (primary N) is 1. The van der Waals surface area contributed by atoms with Crippen molar-refractivity contribution in [3.8, 4) is 11.1 Å². The van der Waals surface area contributed by atoms with E-state index in [1.807, 2.05) is 24.3 Å². The highest BCUT2D eigenvalue weighted by Crippen LogP contribution is 2.27. The Morgan fingerprint density at radius 2 is 1.71 bits per heavy atom. The normalized spacial score (nSPS) is 13.6.